The summed E-state index contributed by atoms with van der Waals surface area (Å²) in [5, 5.41) is 2.65. The first-order chi connectivity index (χ1) is 13.8. The molecule has 158 valence electrons. The van der Waals surface area contributed by atoms with E-state index in [0.717, 1.165) is 5.56 Å². The molecule has 1 unspecified atom stereocenters. The zero-order valence-electron chi connectivity index (χ0n) is 17.5. The third kappa shape index (κ3) is 5.22. The summed E-state index contributed by atoms with van der Waals surface area (Å²) in [5.41, 5.74) is 0.756. The zero-order chi connectivity index (χ0) is 21.6. The number of amides is 1. The van der Waals surface area contributed by atoms with Crippen LogP contribution in [0.5, 0.6) is 17.2 Å². The lowest BCUT2D eigenvalue weighted by Crippen LogP contribution is -2.44. The molecule has 0 aliphatic carbocycles. The monoisotopic (exact) mass is 405 g/mol. The van der Waals surface area contributed by atoms with E-state index in [4.69, 9.17) is 23.4 Å². The highest BCUT2D eigenvalue weighted by Gasteiger charge is 2.26. The molecule has 8 heteroatoms. The van der Waals surface area contributed by atoms with Crippen LogP contribution in [0, 0.1) is 5.92 Å². The summed E-state index contributed by atoms with van der Waals surface area (Å²) in [6, 6.07) is 5.99. The van der Waals surface area contributed by atoms with Crippen LogP contribution in [0.4, 0.5) is 0 Å². The average molecular weight is 405 g/mol. The number of nitrogens with one attached hydrogen (secondary N) is 1. The molecule has 2 aromatic rings. The van der Waals surface area contributed by atoms with Crippen molar-refractivity contribution in [3.05, 3.63) is 41.3 Å². The minimum atomic E-state index is -0.761. The summed E-state index contributed by atoms with van der Waals surface area (Å²) in [7, 11) is 5.95. The second kappa shape index (κ2) is 9.86. The van der Waals surface area contributed by atoms with Gasteiger partial charge in [-0.1, -0.05) is 13.8 Å². The van der Waals surface area contributed by atoms with Gasteiger partial charge in [-0.15, -0.1) is 0 Å². The van der Waals surface area contributed by atoms with Crippen molar-refractivity contribution in [3.63, 3.8) is 0 Å². The quantitative estimate of drug-likeness (QED) is 0.641. The Hall–Kier alpha value is -3.16. The molecule has 1 aromatic heterocycles. The van der Waals surface area contributed by atoms with E-state index in [2.05, 4.69) is 5.32 Å². The molecule has 0 radical (unpaired) electrons. The molecule has 2 rings (SSSR count). The normalized spacial score (nSPS) is 11.7. The minimum Gasteiger partial charge on any atom is -0.496 e. The first kappa shape index (κ1) is 22.1. The molecule has 1 atom stereocenters. The number of esters is 1. The lowest BCUT2D eigenvalue weighted by Gasteiger charge is -2.19. The van der Waals surface area contributed by atoms with Crippen LogP contribution in [0.25, 0.3) is 0 Å². The first-order valence-corrected chi connectivity index (χ1v) is 9.10. The topological polar surface area (TPSA) is 96.2 Å². The van der Waals surface area contributed by atoms with Crippen LogP contribution < -0.4 is 19.5 Å². The van der Waals surface area contributed by atoms with Gasteiger partial charge in [0.25, 0.3) is 5.91 Å². The van der Waals surface area contributed by atoms with Gasteiger partial charge >= 0.3 is 5.97 Å². The van der Waals surface area contributed by atoms with Crippen LogP contribution in [-0.2, 0) is 16.0 Å². The van der Waals surface area contributed by atoms with Gasteiger partial charge in [-0.3, -0.25) is 4.79 Å². The van der Waals surface area contributed by atoms with E-state index in [0.29, 0.717) is 29.4 Å². The number of hydrogen-bond acceptors (Lipinski definition) is 7. The fraction of sp³-hybridized carbons (Fsp3) is 0.429. The highest BCUT2D eigenvalue weighted by atomic mass is 16.5. The van der Waals surface area contributed by atoms with Crippen LogP contribution in [0.3, 0.4) is 0 Å². The Labute approximate surface area is 170 Å². The summed E-state index contributed by atoms with van der Waals surface area (Å²) in [6.07, 6.45) is 0.341. The number of rotatable bonds is 9. The average Bonchev–Trinajstić information content (AvgIpc) is 3.19. The fourth-order valence-corrected chi connectivity index (χ4v) is 2.86. The van der Waals surface area contributed by atoms with Crippen molar-refractivity contribution >= 4 is 11.9 Å². The van der Waals surface area contributed by atoms with Crippen molar-refractivity contribution in [2.24, 2.45) is 5.92 Å². The molecule has 0 bridgehead atoms. The van der Waals surface area contributed by atoms with Gasteiger partial charge in [0.1, 0.15) is 29.1 Å². The molecular weight excluding hydrogens is 378 g/mol. The van der Waals surface area contributed by atoms with Crippen LogP contribution in [0.1, 0.15) is 35.7 Å². The Bertz CT molecular complexity index is 831. The molecule has 0 saturated carbocycles. The highest BCUT2D eigenvalue weighted by Crippen LogP contribution is 2.35. The first-order valence-electron chi connectivity index (χ1n) is 9.10. The second-order valence-corrected chi connectivity index (χ2v) is 6.67. The lowest BCUT2D eigenvalue weighted by molar-refractivity contribution is -0.144. The number of benzene rings is 1. The second-order valence-electron chi connectivity index (χ2n) is 6.67. The smallest absolute Gasteiger partial charge is 0.328 e. The molecule has 8 nitrogen and oxygen atoms in total. The van der Waals surface area contributed by atoms with Crippen molar-refractivity contribution in [3.8, 4) is 17.2 Å². The molecule has 0 aliphatic heterocycles. The maximum absolute atomic E-state index is 12.5. The van der Waals surface area contributed by atoms with E-state index in [1.165, 1.54) is 7.11 Å². The molecule has 1 N–H and O–H groups in total. The van der Waals surface area contributed by atoms with Crippen molar-refractivity contribution < 1.29 is 33.0 Å². The van der Waals surface area contributed by atoms with Crippen molar-refractivity contribution in [2.75, 3.05) is 28.4 Å². The van der Waals surface area contributed by atoms with Crippen LogP contribution in [0.15, 0.2) is 28.7 Å². The van der Waals surface area contributed by atoms with Gasteiger partial charge in [0, 0.05) is 24.1 Å². The van der Waals surface area contributed by atoms with Crippen molar-refractivity contribution in [1.82, 2.24) is 5.32 Å². The van der Waals surface area contributed by atoms with Crippen LogP contribution in [0.2, 0.25) is 0 Å². The highest BCUT2D eigenvalue weighted by molar-refractivity contribution is 5.94. The fourth-order valence-electron chi connectivity index (χ4n) is 2.86. The van der Waals surface area contributed by atoms with Crippen molar-refractivity contribution in [1.29, 1.82) is 0 Å². The van der Waals surface area contributed by atoms with E-state index in [1.54, 1.807) is 45.6 Å². The van der Waals surface area contributed by atoms with E-state index in [1.807, 2.05) is 13.8 Å². The van der Waals surface area contributed by atoms with Gasteiger partial charge in [0.2, 0.25) is 0 Å². The summed E-state index contributed by atoms with van der Waals surface area (Å²) in [4.78, 5) is 24.4. The van der Waals surface area contributed by atoms with Gasteiger partial charge in [0.15, 0.2) is 5.76 Å². The molecule has 29 heavy (non-hydrogen) atoms. The number of carbonyl (C=O) groups excluding carboxylic acids is 2. The van der Waals surface area contributed by atoms with E-state index in [-0.39, 0.29) is 11.7 Å². The summed E-state index contributed by atoms with van der Waals surface area (Å²) in [5.74, 6) is 1.26. The molecule has 0 aliphatic rings. The zero-order valence-corrected chi connectivity index (χ0v) is 17.5. The van der Waals surface area contributed by atoms with Crippen LogP contribution in [-0.4, -0.2) is 46.4 Å². The van der Waals surface area contributed by atoms with E-state index >= 15 is 0 Å². The Morgan fingerprint density at radius 3 is 2.10 bits per heavy atom. The molecule has 1 aromatic carbocycles. The summed E-state index contributed by atoms with van der Waals surface area (Å²) >= 11 is 0. The largest absolute Gasteiger partial charge is 0.496 e. The van der Waals surface area contributed by atoms with Gasteiger partial charge in [-0.2, -0.15) is 0 Å². The lowest BCUT2D eigenvalue weighted by atomic mass is 10.0. The Morgan fingerprint density at radius 2 is 1.62 bits per heavy atom. The number of ether oxygens (including phenoxy) is 4. The van der Waals surface area contributed by atoms with Gasteiger partial charge in [-0.05, 0) is 18.1 Å². The Balaban J connectivity index is 2.22. The number of hydrogen-bond donors (Lipinski definition) is 1. The minimum absolute atomic E-state index is 0.0981. The molecule has 0 saturated heterocycles. The predicted molar refractivity (Wildman–Crippen MR) is 106 cm³/mol. The molecule has 0 fully saturated rings. The molecule has 1 heterocycles. The van der Waals surface area contributed by atoms with E-state index < -0.39 is 17.9 Å². The molecular formula is C21H27NO7. The van der Waals surface area contributed by atoms with Gasteiger partial charge in [-0.25, -0.2) is 4.79 Å². The Morgan fingerprint density at radius 1 is 1.00 bits per heavy atom. The standard InChI is InChI=1S/C21H27NO7/c1-12(2)19(21(24)28-6)22-20(23)16-8-7-13(29-16)9-15-17(26-4)10-14(25-3)11-18(15)27-5/h7-8,10-12,19H,9H2,1-6H3,(H,22,23). The van der Waals surface area contributed by atoms with Crippen molar-refractivity contribution in [2.45, 2.75) is 26.3 Å². The Kier molecular flexibility index (Phi) is 7.52. The predicted octanol–water partition coefficient (Wildman–Crippen LogP) is 2.82. The maximum Gasteiger partial charge on any atom is 0.328 e. The number of carbonyl (C=O) groups is 2. The number of furan rings is 1. The SMILES string of the molecule is COC(=O)C(NC(=O)c1ccc(Cc2c(OC)cc(OC)cc2OC)o1)C(C)C. The maximum atomic E-state index is 12.5. The summed E-state index contributed by atoms with van der Waals surface area (Å²) < 4.78 is 26.6. The third-order valence-corrected chi connectivity index (χ3v) is 4.46. The number of methoxy groups -OCH3 is 4. The van der Waals surface area contributed by atoms with Crippen LogP contribution >= 0.6 is 0 Å². The van der Waals surface area contributed by atoms with Gasteiger partial charge in [0.05, 0.1) is 28.4 Å². The van der Waals surface area contributed by atoms with E-state index in [9.17, 15) is 9.59 Å². The third-order valence-electron chi connectivity index (χ3n) is 4.46. The molecule has 0 spiro atoms. The molecule has 1 amide bonds. The summed E-state index contributed by atoms with van der Waals surface area (Å²) in [6.45, 7) is 3.63. The van der Waals surface area contributed by atoms with Gasteiger partial charge < -0.3 is 28.7 Å².